The van der Waals surface area contributed by atoms with Crippen LogP contribution in [0.2, 0.25) is 0 Å². The molecule has 0 aliphatic heterocycles. The molecule has 1 heterocycles. The average Bonchev–Trinajstić information content (AvgIpc) is 2.61. The minimum atomic E-state index is -0.501. The standard InChI is InChI=1S/C12H20N2OS/c1-8-5-6-16-10(8)9(2)14-7-12(3,4)11(13)15/h5-6,9,14H,7H2,1-4H3,(H2,13,15). The number of thiophene rings is 1. The molecule has 0 fully saturated rings. The average molecular weight is 240 g/mol. The molecule has 1 rings (SSSR count). The molecular formula is C12H20N2OS. The van der Waals surface area contributed by atoms with E-state index in [1.807, 2.05) is 13.8 Å². The van der Waals surface area contributed by atoms with Gasteiger partial charge in [-0.2, -0.15) is 0 Å². The van der Waals surface area contributed by atoms with Gasteiger partial charge in [0.25, 0.3) is 0 Å². The Hall–Kier alpha value is -0.870. The zero-order valence-corrected chi connectivity index (χ0v) is 11.1. The highest BCUT2D eigenvalue weighted by Gasteiger charge is 2.25. The van der Waals surface area contributed by atoms with Crippen LogP contribution in [0.5, 0.6) is 0 Å². The van der Waals surface area contributed by atoms with Crippen molar-refractivity contribution in [2.24, 2.45) is 11.1 Å². The fourth-order valence-electron chi connectivity index (χ4n) is 1.42. The third kappa shape index (κ3) is 3.06. The van der Waals surface area contributed by atoms with Crippen LogP contribution in [-0.4, -0.2) is 12.5 Å². The van der Waals surface area contributed by atoms with E-state index in [0.717, 1.165) is 0 Å². The lowest BCUT2D eigenvalue weighted by molar-refractivity contribution is -0.125. The topological polar surface area (TPSA) is 55.1 Å². The van der Waals surface area contributed by atoms with Crippen LogP contribution in [0.4, 0.5) is 0 Å². The summed E-state index contributed by atoms with van der Waals surface area (Å²) in [4.78, 5) is 12.5. The number of hydrogen-bond acceptors (Lipinski definition) is 3. The smallest absolute Gasteiger partial charge is 0.224 e. The molecule has 0 aliphatic carbocycles. The van der Waals surface area contributed by atoms with E-state index in [4.69, 9.17) is 5.73 Å². The Kier molecular flexibility index (Phi) is 4.10. The van der Waals surface area contributed by atoms with E-state index >= 15 is 0 Å². The summed E-state index contributed by atoms with van der Waals surface area (Å²) in [6.45, 7) is 8.52. The second kappa shape index (κ2) is 4.97. The second-order valence-corrected chi connectivity index (χ2v) is 5.77. The summed E-state index contributed by atoms with van der Waals surface area (Å²) >= 11 is 1.74. The number of hydrogen-bond donors (Lipinski definition) is 2. The fourth-order valence-corrected chi connectivity index (χ4v) is 2.38. The minimum absolute atomic E-state index is 0.263. The molecule has 0 saturated carbocycles. The van der Waals surface area contributed by atoms with Gasteiger partial charge >= 0.3 is 0 Å². The first kappa shape index (κ1) is 13.2. The molecule has 3 N–H and O–H groups in total. The summed E-state index contributed by atoms with van der Waals surface area (Å²) < 4.78 is 0. The lowest BCUT2D eigenvalue weighted by atomic mass is 9.92. The summed E-state index contributed by atoms with van der Waals surface area (Å²) in [5, 5.41) is 5.44. The second-order valence-electron chi connectivity index (χ2n) is 4.82. The lowest BCUT2D eigenvalue weighted by Gasteiger charge is -2.23. The van der Waals surface area contributed by atoms with Crippen molar-refractivity contribution in [3.8, 4) is 0 Å². The van der Waals surface area contributed by atoms with Gasteiger partial charge in [0.2, 0.25) is 5.91 Å². The molecular weight excluding hydrogens is 220 g/mol. The van der Waals surface area contributed by atoms with Crippen LogP contribution in [0.25, 0.3) is 0 Å². The van der Waals surface area contributed by atoms with Gasteiger partial charge < -0.3 is 11.1 Å². The van der Waals surface area contributed by atoms with E-state index in [9.17, 15) is 4.79 Å². The van der Waals surface area contributed by atoms with Crippen LogP contribution in [0.15, 0.2) is 11.4 Å². The van der Waals surface area contributed by atoms with Crippen LogP contribution >= 0.6 is 11.3 Å². The fraction of sp³-hybridized carbons (Fsp3) is 0.583. The zero-order valence-electron chi connectivity index (χ0n) is 10.3. The summed E-state index contributed by atoms with van der Waals surface area (Å²) in [7, 11) is 0. The normalized spacial score (nSPS) is 13.8. The van der Waals surface area contributed by atoms with Gasteiger partial charge in [0.1, 0.15) is 0 Å². The summed E-state index contributed by atoms with van der Waals surface area (Å²) in [5.41, 5.74) is 6.12. The van der Waals surface area contributed by atoms with E-state index in [1.54, 1.807) is 11.3 Å². The molecule has 90 valence electrons. The van der Waals surface area contributed by atoms with Crippen molar-refractivity contribution >= 4 is 17.2 Å². The minimum Gasteiger partial charge on any atom is -0.369 e. The largest absolute Gasteiger partial charge is 0.369 e. The Morgan fingerprint density at radius 3 is 2.69 bits per heavy atom. The van der Waals surface area contributed by atoms with Gasteiger partial charge in [-0.1, -0.05) is 0 Å². The van der Waals surface area contributed by atoms with Gasteiger partial charge in [0.05, 0.1) is 5.41 Å². The van der Waals surface area contributed by atoms with Gasteiger partial charge in [0.15, 0.2) is 0 Å². The van der Waals surface area contributed by atoms with E-state index in [-0.39, 0.29) is 11.9 Å². The van der Waals surface area contributed by atoms with Gasteiger partial charge in [-0.3, -0.25) is 4.79 Å². The number of amides is 1. The van der Waals surface area contributed by atoms with Crippen LogP contribution in [0.3, 0.4) is 0 Å². The van der Waals surface area contributed by atoms with Crippen LogP contribution < -0.4 is 11.1 Å². The quantitative estimate of drug-likeness (QED) is 0.829. The Bertz CT molecular complexity index is 371. The highest BCUT2D eigenvalue weighted by Crippen LogP contribution is 2.24. The number of carbonyl (C=O) groups is 1. The van der Waals surface area contributed by atoms with Crippen molar-refractivity contribution in [1.29, 1.82) is 0 Å². The number of nitrogens with two attached hydrogens (primary N) is 1. The van der Waals surface area contributed by atoms with Crippen molar-refractivity contribution in [3.05, 3.63) is 21.9 Å². The summed E-state index contributed by atoms with van der Waals surface area (Å²) in [6, 6.07) is 2.37. The third-order valence-electron chi connectivity index (χ3n) is 2.81. The Balaban J connectivity index is 2.57. The lowest BCUT2D eigenvalue weighted by Crippen LogP contribution is -2.41. The van der Waals surface area contributed by atoms with E-state index < -0.39 is 5.41 Å². The summed E-state index contributed by atoms with van der Waals surface area (Å²) in [6.07, 6.45) is 0. The van der Waals surface area contributed by atoms with Gasteiger partial charge in [-0.05, 0) is 44.7 Å². The van der Waals surface area contributed by atoms with Crippen LogP contribution in [0, 0.1) is 12.3 Å². The van der Waals surface area contributed by atoms with Gasteiger partial charge in [-0.15, -0.1) is 11.3 Å². The molecule has 16 heavy (non-hydrogen) atoms. The van der Waals surface area contributed by atoms with Crippen molar-refractivity contribution in [2.45, 2.75) is 33.7 Å². The molecule has 0 saturated heterocycles. The summed E-state index contributed by atoms with van der Waals surface area (Å²) in [5.74, 6) is -0.268. The van der Waals surface area contributed by atoms with E-state index in [0.29, 0.717) is 6.54 Å². The zero-order chi connectivity index (χ0) is 12.3. The molecule has 0 aromatic carbocycles. The number of rotatable bonds is 5. The third-order valence-corrected chi connectivity index (χ3v) is 4.01. The molecule has 1 amide bonds. The van der Waals surface area contributed by atoms with Crippen LogP contribution in [-0.2, 0) is 4.79 Å². The van der Waals surface area contributed by atoms with Gasteiger partial charge in [-0.25, -0.2) is 0 Å². The maximum atomic E-state index is 11.2. The highest BCUT2D eigenvalue weighted by molar-refractivity contribution is 7.10. The van der Waals surface area contributed by atoms with Crippen molar-refractivity contribution in [1.82, 2.24) is 5.32 Å². The molecule has 0 radical (unpaired) electrons. The first-order valence-electron chi connectivity index (χ1n) is 5.42. The molecule has 0 aliphatic rings. The Morgan fingerprint density at radius 2 is 2.25 bits per heavy atom. The maximum Gasteiger partial charge on any atom is 0.224 e. The van der Waals surface area contributed by atoms with Gasteiger partial charge in [0, 0.05) is 17.5 Å². The van der Waals surface area contributed by atoms with E-state index in [1.165, 1.54) is 10.4 Å². The SMILES string of the molecule is Cc1ccsc1C(C)NCC(C)(C)C(N)=O. The molecule has 0 bridgehead atoms. The monoisotopic (exact) mass is 240 g/mol. The molecule has 1 unspecified atom stereocenters. The number of carbonyl (C=O) groups excluding carboxylic acids is 1. The Labute approximate surface area is 101 Å². The first-order valence-corrected chi connectivity index (χ1v) is 6.30. The van der Waals surface area contributed by atoms with Crippen molar-refractivity contribution < 1.29 is 4.79 Å². The van der Waals surface area contributed by atoms with Crippen molar-refractivity contribution in [3.63, 3.8) is 0 Å². The molecule has 4 heteroatoms. The molecule has 0 spiro atoms. The van der Waals surface area contributed by atoms with E-state index in [2.05, 4.69) is 30.6 Å². The number of aryl methyl sites for hydroxylation is 1. The highest BCUT2D eigenvalue weighted by atomic mass is 32.1. The molecule has 3 nitrogen and oxygen atoms in total. The van der Waals surface area contributed by atoms with Crippen LogP contribution in [0.1, 0.15) is 37.3 Å². The number of nitrogens with one attached hydrogen (secondary N) is 1. The molecule has 1 atom stereocenters. The maximum absolute atomic E-state index is 11.2. The number of primary amides is 1. The molecule has 1 aromatic heterocycles. The Morgan fingerprint density at radius 1 is 1.62 bits per heavy atom. The predicted molar refractivity (Wildman–Crippen MR) is 68.4 cm³/mol. The predicted octanol–water partition coefficient (Wildman–Crippen LogP) is 2.22. The van der Waals surface area contributed by atoms with Crippen molar-refractivity contribution in [2.75, 3.05) is 6.54 Å². The first-order chi connectivity index (χ1) is 7.34. The molecule has 1 aromatic rings.